The van der Waals surface area contributed by atoms with Crippen molar-refractivity contribution in [2.75, 3.05) is 6.54 Å². The highest BCUT2D eigenvalue weighted by molar-refractivity contribution is 5.94. The number of amides is 1. The second-order valence-corrected chi connectivity index (χ2v) is 5.70. The second-order valence-electron chi connectivity index (χ2n) is 5.70. The van der Waals surface area contributed by atoms with Crippen molar-refractivity contribution < 1.29 is 22.4 Å². The number of hydrogen-bond acceptors (Lipinski definition) is 6. The third-order valence-electron chi connectivity index (χ3n) is 3.95. The summed E-state index contributed by atoms with van der Waals surface area (Å²) in [6, 6.07) is 3.75. The van der Waals surface area contributed by atoms with Crippen LogP contribution in [0.2, 0.25) is 0 Å². The molecule has 0 N–H and O–H groups in total. The van der Waals surface area contributed by atoms with Crippen LogP contribution in [0.25, 0.3) is 11.5 Å². The molecule has 9 heteroatoms. The van der Waals surface area contributed by atoms with Crippen LogP contribution < -0.4 is 0 Å². The van der Waals surface area contributed by atoms with Crippen LogP contribution >= 0.6 is 0 Å². The molecule has 0 unspecified atom stereocenters. The van der Waals surface area contributed by atoms with Gasteiger partial charge in [0.1, 0.15) is 12.3 Å². The molecule has 0 bridgehead atoms. The Hall–Kier alpha value is -3.10. The Morgan fingerprint density at radius 1 is 1.24 bits per heavy atom. The Morgan fingerprint density at radius 3 is 2.76 bits per heavy atom. The molecule has 1 aliphatic heterocycles. The van der Waals surface area contributed by atoms with Gasteiger partial charge in [-0.15, -0.1) is 10.2 Å². The average molecular weight is 346 g/mol. The van der Waals surface area contributed by atoms with Crippen molar-refractivity contribution in [3.8, 4) is 11.5 Å². The minimum absolute atomic E-state index is 0.0270. The van der Waals surface area contributed by atoms with Gasteiger partial charge >= 0.3 is 0 Å². The SMILES string of the molecule is O=C(c1ccoc1)N1CC(F)(F)C[C@H]1c1nnc(-c2ccncc2)o1. The third kappa shape index (κ3) is 2.88. The zero-order chi connectivity index (χ0) is 17.4. The first-order valence-corrected chi connectivity index (χ1v) is 7.48. The van der Waals surface area contributed by atoms with Gasteiger partial charge in [0, 0.05) is 24.4 Å². The van der Waals surface area contributed by atoms with Crippen molar-refractivity contribution >= 4 is 5.91 Å². The molecule has 1 saturated heterocycles. The average Bonchev–Trinajstić information content (AvgIpc) is 3.34. The summed E-state index contributed by atoms with van der Waals surface area (Å²) in [6.45, 7) is -0.714. The number of nitrogens with zero attached hydrogens (tertiary/aromatic N) is 4. The van der Waals surface area contributed by atoms with E-state index in [1.807, 2.05) is 0 Å². The number of likely N-dealkylation sites (tertiary alicyclic amines) is 1. The maximum Gasteiger partial charge on any atom is 0.267 e. The Balaban J connectivity index is 1.65. The maximum atomic E-state index is 13.9. The molecule has 128 valence electrons. The minimum atomic E-state index is -3.03. The summed E-state index contributed by atoms with van der Waals surface area (Å²) in [7, 11) is 0. The molecule has 1 atom stereocenters. The normalized spacial score (nSPS) is 19.3. The monoisotopic (exact) mass is 346 g/mol. The number of aromatic nitrogens is 3. The van der Waals surface area contributed by atoms with Crippen molar-refractivity contribution in [3.05, 3.63) is 54.6 Å². The number of furan rings is 1. The largest absolute Gasteiger partial charge is 0.472 e. The lowest BCUT2D eigenvalue weighted by Gasteiger charge is -2.20. The number of halogens is 2. The van der Waals surface area contributed by atoms with E-state index in [0.29, 0.717) is 5.56 Å². The molecular formula is C16H12F2N4O3. The molecule has 4 rings (SSSR count). The van der Waals surface area contributed by atoms with Crippen LogP contribution in [0.3, 0.4) is 0 Å². The summed E-state index contributed by atoms with van der Waals surface area (Å²) in [6.07, 6.45) is 5.06. The number of carbonyl (C=O) groups excluding carboxylic acids is 1. The van der Waals surface area contributed by atoms with Crippen molar-refractivity contribution in [1.82, 2.24) is 20.1 Å². The predicted molar refractivity (Wildman–Crippen MR) is 79.6 cm³/mol. The predicted octanol–water partition coefficient (Wildman–Crippen LogP) is 2.95. The summed E-state index contributed by atoms with van der Waals surface area (Å²) in [5.41, 5.74) is 0.808. The molecule has 25 heavy (non-hydrogen) atoms. The lowest BCUT2D eigenvalue weighted by atomic mass is 10.2. The van der Waals surface area contributed by atoms with E-state index in [-0.39, 0.29) is 17.3 Å². The number of pyridine rings is 1. The molecule has 0 aromatic carbocycles. The van der Waals surface area contributed by atoms with E-state index in [4.69, 9.17) is 8.83 Å². The molecule has 0 aliphatic carbocycles. The van der Waals surface area contributed by atoms with Gasteiger partial charge in [-0.3, -0.25) is 9.78 Å². The summed E-state index contributed by atoms with van der Waals surface area (Å²) >= 11 is 0. The molecule has 3 aromatic rings. The van der Waals surface area contributed by atoms with Gasteiger partial charge in [0.2, 0.25) is 11.8 Å². The number of rotatable bonds is 3. The van der Waals surface area contributed by atoms with Gasteiger partial charge in [0.05, 0.1) is 18.4 Å². The number of hydrogen-bond donors (Lipinski definition) is 0. The fraction of sp³-hybridized carbons (Fsp3) is 0.250. The van der Waals surface area contributed by atoms with Gasteiger partial charge in [-0.25, -0.2) is 8.78 Å². The van der Waals surface area contributed by atoms with E-state index in [2.05, 4.69) is 15.2 Å². The van der Waals surface area contributed by atoms with Gasteiger partial charge in [0.25, 0.3) is 11.8 Å². The van der Waals surface area contributed by atoms with Gasteiger partial charge in [-0.2, -0.15) is 0 Å². The Kier molecular flexibility index (Phi) is 3.56. The second kappa shape index (κ2) is 5.76. The smallest absolute Gasteiger partial charge is 0.267 e. The van der Waals surface area contributed by atoms with E-state index < -0.39 is 30.8 Å². The van der Waals surface area contributed by atoms with E-state index in [9.17, 15) is 13.6 Å². The lowest BCUT2D eigenvalue weighted by molar-refractivity contribution is 0.0117. The van der Waals surface area contributed by atoms with E-state index in [0.717, 1.165) is 4.90 Å². The fourth-order valence-electron chi connectivity index (χ4n) is 2.78. The van der Waals surface area contributed by atoms with E-state index in [1.54, 1.807) is 24.5 Å². The van der Waals surface area contributed by atoms with Crippen molar-refractivity contribution in [2.45, 2.75) is 18.4 Å². The van der Waals surface area contributed by atoms with Crippen LogP contribution in [0.4, 0.5) is 8.78 Å². The molecule has 1 fully saturated rings. The molecule has 1 amide bonds. The van der Waals surface area contributed by atoms with Gasteiger partial charge < -0.3 is 13.7 Å². The Morgan fingerprint density at radius 2 is 2.04 bits per heavy atom. The van der Waals surface area contributed by atoms with Gasteiger partial charge in [-0.1, -0.05) is 0 Å². The van der Waals surface area contributed by atoms with Crippen LogP contribution in [0.1, 0.15) is 28.7 Å². The van der Waals surface area contributed by atoms with Crippen LogP contribution in [0.5, 0.6) is 0 Å². The van der Waals surface area contributed by atoms with Crippen molar-refractivity contribution in [1.29, 1.82) is 0 Å². The molecule has 3 aromatic heterocycles. The molecule has 0 radical (unpaired) electrons. The molecule has 4 heterocycles. The summed E-state index contributed by atoms with van der Waals surface area (Å²) in [4.78, 5) is 17.4. The first-order chi connectivity index (χ1) is 12.0. The van der Waals surface area contributed by atoms with Crippen LogP contribution in [0.15, 0.2) is 52.0 Å². The molecule has 0 saturated carbocycles. The summed E-state index contributed by atoms with van der Waals surface area (Å²) in [5.74, 6) is -3.45. The summed E-state index contributed by atoms with van der Waals surface area (Å²) in [5, 5.41) is 7.76. The molecule has 1 aliphatic rings. The minimum Gasteiger partial charge on any atom is -0.472 e. The fourth-order valence-corrected chi connectivity index (χ4v) is 2.78. The van der Waals surface area contributed by atoms with Crippen LogP contribution in [-0.2, 0) is 0 Å². The van der Waals surface area contributed by atoms with Gasteiger partial charge in [-0.05, 0) is 18.2 Å². The third-order valence-corrected chi connectivity index (χ3v) is 3.95. The van der Waals surface area contributed by atoms with Gasteiger partial charge in [0.15, 0.2) is 0 Å². The van der Waals surface area contributed by atoms with E-state index >= 15 is 0 Å². The quantitative estimate of drug-likeness (QED) is 0.725. The van der Waals surface area contributed by atoms with Crippen molar-refractivity contribution in [2.24, 2.45) is 0 Å². The highest BCUT2D eigenvalue weighted by Gasteiger charge is 2.50. The van der Waals surface area contributed by atoms with E-state index in [1.165, 1.54) is 18.6 Å². The Labute approximate surface area is 140 Å². The highest BCUT2D eigenvalue weighted by Crippen LogP contribution is 2.41. The highest BCUT2D eigenvalue weighted by atomic mass is 19.3. The van der Waals surface area contributed by atoms with Crippen molar-refractivity contribution in [3.63, 3.8) is 0 Å². The number of alkyl halides is 2. The number of carbonyl (C=O) groups is 1. The maximum absolute atomic E-state index is 13.9. The standard InChI is InChI=1S/C16H12F2N4O3/c17-16(18)7-12(22(9-16)15(23)11-3-6-24-8-11)14-21-20-13(25-14)10-1-4-19-5-2-10/h1-6,8,12H,7,9H2/t12-/m0/s1. The molecular weight excluding hydrogens is 334 g/mol. The van der Waals surface area contributed by atoms with Crippen LogP contribution in [-0.4, -0.2) is 38.5 Å². The zero-order valence-electron chi connectivity index (χ0n) is 12.8. The first-order valence-electron chi connectivity index (χ1n) is 7.48. The first kappa shape index (κ1) is 15.4. The Bertz CT molecular complexity index is 880. The lowest BCUT2D eigenvalue weighted by Crippen LogP contribution is -2.32. The zero-order valence-corrected chi connectivity index (χ0v) is 12.8. The topological polar surface area (TPSA) is 85.3 Å². The summed E-state index contributed by atoms with van der Waals surface area (Å²) < 4.78 is 38.3. The molecule has 7 nitrogen and oxygen atoms in total. The molecule has 0 spiro atoms. The van der Waals surface area contributed by atoms with Crippen LogP contribution in [0, 0.1) is 0 Å².